The van der Waals surface area contributed by atoms with E-state index in [0.29, 0.717) is 11.3 Å². The summed E-state index contributed by atoms with van der Waals surface area (Å²) in [7, 11) is 0. The smallest absolute Gasteiger partial charge is 0.244 e. The largest absolute Gasteiger partial charge is 0.370 e. The molecule has 0 aliphatic carbocycles. The molecule has 1 atom stereocenters. The maximum atomic E-state index is 13.3. The molecule has 3 nitrogen and oxygen atoms in total. The van der Waals surface area contributed by atoms with Gasteiger partial charge in [-0.15, -0.1) is 0 Å². The quantitative estimate of drug-likeness (QED) is 0.903. The minimum atomic E-state index is -0.837. The average molecular weight is 279 g/mol. The summed E-state index contributed by atoms with van der Waals surface area (Å²) in [6.07, 6.45) is 0. The molecule has 2 rings (SSSR count). The third-order valence-corrected chi connectivity index (χ3v) is 2.81. The van der Waals surface area contributed by atoms with Crippen LogP contribution in [0.3, 0.4) is 0 Å². The van der Waals surface area contributed by atoms with Crippen LogP contribution in [0.4, 0.5) is 10.1 Å². The summed E-state index contributed by atoms with van der Waals surface area (Å²) in [5.41, 5.74) is 6.45. The third-order valence-electron chi connectivity index (χ3n) is 2.59. The number of carbonyl (C=O) groups excluding carboxylic acids is 1. The number of halogens is 2. The Bertz CT molecular complexity index is 569. The van der Waals surface area contributed by atoms with Crippen molar-refractivity contribution < 1.29 is 9.18 Å². The van der Waals surface area contributed by atoms with Gasteiger partial charge in [0.25, 0.3) is 0 Å². The van der Waals surface area contributed by atoms with Crippen molar-refractivity contribution in [2.45, 2.75) is 6.04 Å². The van der Waals surface area contributed by atoms with E-state index >= 15 is 0 Å². The molecule has 0 aromatic heterocycles. The van der Waals surface area contributed by atoms with Gasteiger partial charge in [-0.1, -0.05) is 29.8 Å². The number of benzene rings is 2. The first-order chi connectivity index (χ1) is 9.06. The Labute approximate surface area is 115 Å². The molecule has 0 spiro atoms. The van der Waals surface area contributed by atoms with Crippen molar-refractivity contribution in [2.75, 3.05) is 5.32 Å². The molecule has 3 N–H and O–H groups in total. The summed E-state index contributed by atoms with van der Waals surface area (Å²) in [5.74, 6) is -1.12. The zero-order valence-electron chi connectivity index (χ0n) is 9.94. The summed E-state index contributed by atoms with van der Waals surface area (Å²) in [5, 5.41) is 3.17. The van der Waals surface area contributed by atoms with E-state index in [1.807, 2.05) is 18.2 Å². The molecule has 0 aliphatic rings. The normalized spacial score (nSPS) is 11.9. The summed E-state index contributed by atoms with van der Waals surface area (Å²) in [6, 6.07) is 12.1. The van der Waals surface area contributed by atoms with Crippen LogP contribution in [-0.2, 0) is 4.79 Å². The van der Waals surface area contributed by atoms with Crippen LogP contribution < -0.4 is 11.1 Å². The predicted octanol–water partition coefficient (Wildman–Crippen LogP) is 3.12. The number of nitrogens with one attached hydrogen (secondary N) is 1. The van der Waals surface area contributed by atoms with E-state index in [0.717, 1.165) is 0 Å². The molecule has 2 aromatic rings. The zero-order chi connectivity index (χ0) is 13.8. The molecule has 0 saturated heterocycles. The number of hydrogen-bond acceptors (Lipinski definition) is 2. The lowest BCUT2D eigenvalue weighted by atomic mass is 10.1. The SMILES string of the molecule is NC(=O)C(Nc1ccccc1)c1cc(F)cc(Cl)c1. The molecule has 0 bridgehead atoms. The fourth-order valence-corrected chi connectivity index (χ4v) is 1.99. The minimum Gasteiger partial charge on any atom is -0.370 e. The average Bonchev–Trinajstić information content (AvgIpc) is 2.35. The van der Waals surface area contributed by atoms with Gasteiger partial charge >= 0.3 is 0 Å². The highest BCUT2D eigenvalue weighted by Gasteiger charge is 2.18. The highest BCUT2D eigenvalue weighted by atomic mass is 35.5. The Balaban J connectivity index is 2.32. The van der Waals surface area contributed by atoms with Crippen molar-refractivity contribution in [3.8, 4) is 0 Å². The number of nitrogens with two attached hydrogens (primary N) is 1. The van der Waals surface area contributed by atoms with E-state index < -0.39 is 17.8 Å². The molecule has 0 fully saturated rings. The van der Waals surface area contributed by atoms with Gasteiger partial charge in [0.2, 0.25) is 5.91 Å². The lowest BCUT2D eigenvalue weighted by Gasteiger charge is -2.17. The first-order valence-electron chi connectivity index (χ1n) is 5.63. The summed E-state index contributed by atoms with van der Waals surface area (Å²) < 4.78 is 13.3. The number of amides is 1. The topological polar surface area (TPSA) is 55.1 Å². The van der Waals surface area contributed by atoms with Crippen LogP contribution >= 0.6 is 11.6 Å². The van der Waals surface area contributed by atoms with Gasteiger partial charge in [-0.2, -0.15) is 0 Å². The van der Waals surface area contributed by atoms with E-state index in [9.17, 15) is 9.18 Å². The Morgan fingerprint density at radius 1 is 1.21 bits per heavy atom. The first-order valence-corrected chi connectivity index (χ1v) is 6.01. The van der Waals surface area contributed by atoms with Gasteiger partial charge in [0.1, 0.15) is 11.9 Å². The van der Waals surface area contributed by atoms with E-state index in [1.54, 1.807) is 12.1 Å². The van der Waals surface area contributed by atoms with Gasteiger partial charge in [0.05, 0.1) is 0 Å². The van der Waals surface area contributed by atoms with Gasteiger partial charge in [-0.3, -0.25) is 4.79 Å². The molecule has 0 aliphatic heterocycles. The first kappa shape index (κ1) is 13.4. The van der Waals surface area contributed by atoms with Crippen LogP contribution in [0.2, 0.25) is 5.02 Å². The van der Waals surface area contributed by atoms with Gasteiger partial charge in [-0.25, -0.2) is 4.39 Å². The molecule has 98 valence electrons. The fraction of sp³-hybridized carbons (Fsp3) is 0.0714. The molecular weight excluding hydrogens is 267 g/mol. The predicted molar refractivity (Wildman–Crippen MR) is 73.4 cm³/mol. The monoisotopic (exact) mass is 278 g/mol. The van der Waals surface area contributed by atoms with Crippen LogP contribution in [0.25, 0.3) is 0 Å². The Kier molecular flexibility index (Phi) is 4.02. The van der Waals surface area contributed by atoms with Gasteiger partial charge in [0.15, 0.2) is 0 Å². The third kappa shape index (κ3) is 3.45. The summed E-state index contributed by atoms with van der Waals surface area (Å²) in [4.78, 5) is 11.5. The maximum absolute atomic E-state index is 13.3. The second-order valence-corrected chi connectivity index (χ2v) is 4.48. The number of carbonyl (C=O) groups is 1. The number of hydrogen-bond donors (Lipinski definition) is 2. The molecule has 19 heavy (non-hydrogen) atoms. The summed E-state index contributed by atoms with van der Waals surface area (Å²) >= 11 is 5.78. The van der Waals surface area contributed by atoms with E-state index in [4.69, 9.17) is 17.3 Å². The van der Waals surface area contributed by atoms with Crippen LogP contribution in [0, 0.1) is 5.82 Å². The van der Waals surface area contributed by atoms with Crippen LogP contribution in [0.1, 0.15) is 11.6 Å². The highest BCUT2D eigenvalue weighted by molar-refractivity contribution is 6.30. The van der Waals surface area contributed by atoms with Gasteiger partial charge in [-0.05, 0) is 35.9 Å². The number of primary amides is 1. The van der Waals surface area contributed by atoms with E-state index in [1.165, 1.54) is 18.2 Å². The zero-order valence-corrected chi connectivity index (χ0v) is 10.7. The molecule has 0 saturated carbocycles. The number of rotatable bonds is 4. The second-order valence-electron chi connectivity index (χ2n) is 4.05. The molecular formula is C14H12ClFN2O. The Hall–Kier alpha value is -2.07. The lowest BCUT2D eigenvalue weighted by molar-refractivity contribution is -0.118. The van der Waals surface area contributed by atoms with Crippen molar-refractivity contribution in [3.05, 3.63) is 64.9 Å². The van der Waals surface area contributed by atoms with Crippen molar-refractivity contribution in [1.29, 1.82) is 0 Å². The van der Waals surface area contributed by atoms with Crippen molar-refractivity contribution in [2.24, 2.45) is 5.73 Å². The molecule has 0 radical (unpaired) electrons. The lowest BCUT2D eigenvalue weighted by Crippen LogP contribution is -2.27. The standard InChI is InChI=1S/C14H12ClFN2O/c15-10-6-9(7-11(16)8-10)13(14(17)19)18-12-4-2-1-3-5-12/h1-8,13,18H,(H2,17,19). The maximum Gasteiger partial charge on any atom is 0.244 e. The van der Waals surface area contributed by atoms with Crippen molar-refractivity contribution in [3.63, 3.8) is 0 Å². The van der Waals surface area contributed by atoms with Crippen LogP contribution in [-0.4, -0.2) is 5.91 Å². The molecule has 5 heteroatoms. The Morgan fingerprint density at radius 3 is 2.47 bits per heavy atom. The minimum absolute atomic E-state index is 0.219. The number of anilines is 1. The molecule has 0 heterocycles. The number of para-hydroxylation sites is 1. The Morgan fingerprint density at radius 2 is 1.89 bits per heavy atom. The van der Waals surface area contributed by atoms with E-state index in [-0.39, 0.29) is 5.02 Å². The molecule has 1 unspecified atom stereocenters. The highest BCUT2D eigenvalue weighted by Crippen LogP contribution is 2.23. The fourth-order valence-electron chi connectivity index (χ4n) is 1.76. The summed E-state index contributed by atoms with van der Waals surface area (Å²) in [6.45, 7) is 0. The molecule has 2 aromatic carbocycles. The van der Waals surface area contributed by atoms with Crippen molar-refractivity contribution in [1.82, 2.24) is 0 Å². The van der Waals surface area contributed by atoms with Gasteiger partial charge in [0, 0.05) is 10.7 Å². The van der Waals surface area contributed by atoms with Crippen molar-refractivity contribution >= 4 is 23.2 Å². The molecule has 1 amide bonds. The second kappa shape index (κ2) is 5.71. The van der Waals surface area contributed by atoms with Crippen LogP contribution in [0.15, 0.2) is 48.5 Å². The van der Waals surface area contributed by atoms with E-state index in [2.05, 4.69) is 5.32 Å². The van der Waals surface area contributed by atoms with Crippen LogP contribution in [0.5, 0.6) is 0 Å². The van der Waals surface area contributed by atoms with Gasteiger partial charge < -0.3 is 11.1 Å².